The summed E-state index contributed by atoms with van der Waals surface area (Å²) in [4.78, 5) is 23.2. The minimum atomic E-state index is -0.0543. The van der Waals surface area contributed by atoms with E-state index in [1.54, 1.807) is 17.1 Å². The quantitative estimate of drug-likeness (QED) is 0.855. The van der Waals surface area contributed by atoms with Gasteiger partial charge in [-0.2, -0.15) is 5.10 Å². The van der Waals surface area contributed by atoms with Crippen LogP contribution in [0, 0.1) is 5.92 Å². The van der Waals surface area contributed by atoms with Gasteiger partial charge in [0.2, 0.25) is 0 Å². The van der Waals surface area contributed by atoms with Crippen LogP contribution in [0.4, 0.5) is 5.82 Å². The van der Waals surface area contributed by atoms with E-state index in [1.165, 1.54) is 18.5 Å². The van der Waals surface area contributed by atoms with Crippen molar-refractivity contribution < 1.29 is 0 Å². The molecule has 0 amide bonds. The van der Waals surface area contributed by atoms with Crippen molar-refractivity contribution in [1.82, 2.24) is 19.7 Å². The van der Waals surface area contributed by atoms with Crippen LogP contribution < -0.4 is 10.5 Å². The average molecular weight is 339 g/mol. The van der Waals surface area contributed by atoms with Gasteiger partial charge in [0.25, 0.3) is 5.56 Å². The summed E-state index contributed by atoms with van der Waals surface area (Å²) in [5, 5.41) is 4.57. The SMILES string of the molecule is CC(C)(C)c1ccc(=O)n(CC2CN(c3cc(C4CC4)ncn3)C2)n1. The molecule has 2 aromatic rings. The van der Waals surface area contributed by atoms with Gasteiger partial charge in [-0.25, -0.2) is 14.6 Å². The Kier molecular flexibility index (Phi) is 3.85. The molecule has 0 spiro atoms. The molecule has 3 heterocycles. The number of nitrogens with zero attached hydrogens (tertiary/aromatic N) is 5. The van der Waals surface area contributed by atoms with Gasteiger partial charge in [-0.3, -0.25) is 4.79 Å². The Morgan fingerprint density at radius 3 is 2.60 bits per heavy atom. The van der Waals surface area contributed by atoms with Crippen molar-refractivity contribution in [2.75, 3.05) is 18.0 Å². The number of anilines is 1. The highest BCUT2D eigenvalue weighted by Crippen LogP contribution is 2.39. The largest absolute Gasteiger partial charge is 0.356 e. The molecule has 6 nitrogen and oxygen atoms in total. The first-order chi connectivity index (χ1) is 11.9. The average Bonchev–Trinajstić information content (AvgIpc) is 3.36. The Labute approximate surface area is 147 Å². The minimum Gasteiger partial charge on any atom is -0.356 e. The van der Waals surface area contributed by atoms with Crippen LogP contribution in [0.3, 0.4) is 0 Å². The fourth-order valence-electron chi connectivity index (χ4n) is 3.23. The van der Waals surface area contributed by atoms with Crippen molar-refractivity contribution in [2.45, 2.75) is 51.5 Å². The molecular weight excluding hydrogens is 314 g/mol. The van der Waals surface area contributed by atoms with Gasteiger partial charge in [-0.15, -0.1) is 0 Å². The Morgan fingerprint density at radius 2 is 1.92 bits per heavy atom. The Morgan fingerprint density at radius 1 is 1.16 bits per heavy atom. The monoisotopic (exact) mass is 339 g/mol. The summed E-state index contributed by atoms with van der Waals surface area (Å²) in [6.45, 7) is 8.83. The second kappa shape index (κ2) is 5.93. The summed E-state index contributed by atoms with van der Waals surface area (Å²) in [6.07, 6.45) is 4.17. The van der Waals surface area contributed by atoms with Crippen LogP contribution in [-0.2, 0) is 12.0 Å². The van der Waals surface area contributed by atoms with E-state index in [4.69, 9.17) is 0 Å². The predicted octanol–water partition coefficient (Wildman–Crippen LogP) is 2.34. The molecule has 2 aromatic heterocycles. The van der Waals surface area contributed by atoms with Crippen molar-refractivity contribution >= 4 is 5.82 Å². The molecule has 2 fully saturated rings. The summed E-state index contributed by atoms with van der Waals surface area (Å²) in [7, 11) is 0. The first-order valence-electron chi connectivity index (χ1n) is 9.06. The lowest BCUT2D eigenvalue weighted by atomic mass is 9.92. The molecule has 1 saturated carbocycles. The van der Waals surface area contributed by atoms with Gasteiger partial charge < -0.3 is 4.90 Å². The Balaban J connectivity index is 1.42. The summed E-state index contributed by atoms with van der Waals surface area (Å²) in [6, 6.07) is 5.60. The first-order valence-corrected chi connectivity index (χ1v) is 9.06. The molecule has 6 heteroatoms. The number of hydrogen-bond acceptors (Lipinski definition) is 5. The molecule has 1 saturated heterocycles. The van der Waals surface area contributed by atoms with Crippen LogP contribution >= 0.6 is 0 Å². The Bertz CT molecular complexity index is 828. The van der Waals surface area contributed by atoms with E-state index in [0.717, 1.165) is 24.6 Å². The minimum absolute atomic E-state index is 0.0236. The number of rotatable bonds is 4. The van der Waals surface area contributed by atoms with Gasteiger partial charge in [-0.1, -0.05) is 20.8 Å². The molecule has 0 aromatic carbocycles. The molecule has 0 radical (unpaired) electrons. The first kappa shape index (κ1) is 16.2. The lowest BCUT2D eigenvalue weighted by Gasteiger charge is -2.40. The number of aromatic nitrogens is 4. The zero-order valence-electron chi connectivity index (χ0n) is 15.1. The standard InChI is InChI=1S/C19H25N5O/c1-19(2,3)16-6-7-18(25)24(22-16)11-13-9-23(10-13)17-8-15(14-4-5-14)20-12-21-17/h6-8,12-14H,4-5,9-11H2,1-3H3. The van der Waals surface area contributed by atoms with Crippen LogP contribution in [-0.4, -0.2) is 32.8 Å². The van der Waals surface area contributed by atoms with Crippen LogP contribution in [0.2, 0.25) is 0 Å². The van der Waals surface area contributed by atoms with Crippen molar-refractivity contribution in [1.29, 1.82) is 0 Å². The van der Waals surface area contributed by atoms with Crippen molar-refractivity contribution in [3.05, 3.63) is 46.3 Å². The zero-order chi connectivity index (χ0) is 17.6. The molecule has 2 aliphatic rings. The van der Waals surface area contributed by atoms with E-state index < -0.39 is 0 Å². The molecule has 25 heavy (non-hydrogen) atoms. The maximum atomic E-state index is 12.1. The summed E-state index contributed by atoms with van der Waals surface area (Å²) >= 11 is 0. The second-order valence-electron chi connectivity index (χ2n) is 8.34. The molecule has 4 rings (SSSR count). The van der Waals surface area contributed by atoms with Crippen molar-refractivity contribution in [3.8, 4) is 0 Å². The van der Waals surface area contributed by atoms with Crippen molar-refractivity contribution in [3.63, 3.8) is 0 Å². The smallest absolute Gasteiger partial charge is 0.266 e. The summed E-state index contributed by atoms with van der Waals surface area (Å²) in [5.41, 5.74) is 2.04. The van der Waals surface area contributed by atoms with E-state index in [2.05, 4.69) is 46.8 Å². The van der Waals surface area contributed by atoms with E-state index in [0.29, 0.717) is 18.4 Å². The van der Waals surface area contributed by atoms with Gasteiger partial charge in [-0.05, 0) is 18.9 Å². The van der Waals surface area contributed by atoms with Crippen LogP contribution in [0.25, 0.3) is 0 Å². The van der Waals surface area contributed by atoms with E-state index in [9.17, 15) is 4.79 Å². The van der Waals surface area contributed by atoms with E-state index in [-0.39, 0.29) is 11.0 Å². The third-order valence-corrected chi connectivity index (χ3v) is 5.02. The van der Waals surface area contributed by atoms with Gasteiger partial charge >= 0.3 is 0 Å². The van der Waals surface area contributed by atoms with Crippen LogP contribution in [0.1, 0.15) is 50.9 Å². The van der Waals surface area contributed by atoms with Gasteiger partial charge in [0.15, 0.2) is 0 Å². The molecule has 0 unspecified atom stereocenters. The fourth-order valence-corrected chi connectivity index (χ4v) is 3.23. The number of hydrogen-bond donors (Lipinski definition) is 0. The van der Waals surface area contributed by atoms with Crippen LogP contribution in [0.15, 0.2) is 29.3 Å². The van der Waals surface area contributed by atoms with Gasteiger partial charge in [0.1, 0.15) is 12.1 Å². The fraction of sp³-hybridized carbons (Fsp3) is 0.579. The third kappa shape index (κ3) is 3.43. The van der Waals surface area contributed by atoms with Gasteiger partial charge in [0.05, 0.1) is 12.2 Å². The zero-order valence-corrected chi connectivity index (χ0v) is 15.1. The highest BCUT2D eigenvalue weighted by Gasteiger charge is 2.31. The van der Waals surface area contributed by atoms with E-state index in [1.807, 2.05) is 6.07 Å². The second-order valence-corrected chi connectivity index (χ2v) is 8.34. The van der Waals surface area contributed by atoms with Crippen molar-refractivity contribution in [2.24, 2.45) is 5.92 Å². The van der Waals surface area contributed by atoms with Crippen LogP contribution in [0.5, 0.6) is 0 Å². The Hall–Kier alpha value is -2.24. The topological polar surface area (TPSA) is 63.9 Å². The molecule has 1 aliphatic carbocycles. The van der Waals surface area contributed by atoms with E-state index >= 15 is 0 Å². The predicted molar refractivity (Wildman–Crippen MR) is 96.9 cm³/mol. The summed E-state index contributed by atoms with van der Waals surface area (Å²) < 4.78 is 1.62. The van der Waals surface area contributed by atoms with Gasteiger partial charge in [0, 0.05) is 48.2 Å². The maximum absolute atomic E-state index is 12.1. The lowest BCUT2D eigenvalue weighted by Crippen LogP contribution is -2.50. The maximum Gasteiger partial charge on any atom is 0.266 e. The molecule has 0 atom stereocenters. The third-order valence-electron chi connectivity index (χ3n) is 5.02. The molecule has 132 valence electrons. The molecular formula is C19H25N5O. The molecule has 0 N–H and O–H groups in total. The summed E-state index contributed by atoms with van der Waals surface area (Å²) in [5.74, 6) is 2.08. The normalized spacial score (nSPS) is 18.3. The lowest BCUT2D eigenvalue weighted by molar-refractivity contribution is 0.327. The molecule has 0 bridgehead atoms. The molecule has 1 aliphatic heterocycles. The highest BCUT2D eigenvalue weighted by molar-refractivity contribution is 5.43. The highest BCUT2D eigenvalue weighted by atomic mass is 16.1.